The van der Waals surface area contributed by atoms with Crippen LogP contribution in [0, 0.1) is 6.92 Å². The molecule has 2 rings (SSSR count). The number of pyridine rings is 1. The van der Waals surface area contributed by atoms with Crippen molar-refractivity contribution in [3.63, 3.8) is 0 Å². The highest BCUT2D eigenvalue weighted by Gasteiger charge is 2.14. The predicted molar refractivity (Wildman–Crippen MR) is 73.2 cm³/mol. The van der Waals surface area contributed by atoms with Gasteiger partial charge in [0.2, 0.25) is 0 Å². The van der Waals surface area contributed by atoms with Crippen LogP contribution in [0.3, 0.4) is 0 Å². The van der Waals surface area contributed by atoms with Gasteiger partial charge >= 0.3 is 0 Å². The van der Waals surface area contributed by atoms with Crippen LogP contribution in [0.4, 0.5) is 5.13 Å². The molecule has 0 aliphatic carbocycles. The Morgan fingerprint density at radius 1 is 1.50 bits per heavy atom. The summed E-state index contributed by atoms with van der Waals surface area (Å²) in [7, 11) is 1.97. The van der Waals surface area contributed by atoms with Gasteiger partial charge in [-0.25, -0.2) is 4.98 Å². The first kappa shape index (κ1) is 12.7. The average Bonchev–Trinajstić information content (AvgIpc) is 2.73. The van der Waals surface area contributed by atoms with Crippen molar-refractivity contribution in [2.24, 2.45) is 0 Å². The van der Waals surface area contributed by atoms with Gasteiger partial charge in [0.25, 0.3) is 0 Å². The van der Waals surface area contributed by atoms with E-state index < -0.39 is 0 Å². The highest BCUT2D eigenvalue weighted by molar-refractivity contribution is 7.17. The molecule has 0 aliphatic heterocycles. The lowest BCUT2D eigenvalue weighted by Crippen LogP contribution is -2.16. The Morgan fingerprint density at radius 2 is 2.28 bits per heavy atom. The topological polar surface area (TPSA) is 46.1 Å². The molecule has 0 atom stereocenters. The largest absolute Gasteiger partial charge is 0.347 e. The number of hydrogen-bond donors (Lipinski definition) is 0. The molecule has 4 nitrogen and oxygen atoms in total. The van der Waals surface area contributed by atoms with Crippen LogP contribution < -0.4 is 4.90 Å². The zero-order valence-electron chi connectivity index (χ0n) is 10.7. The Balaban J connectivity index is 2.17. The number of aromatic nitrogens is 2. The second kappa shape index (κ2) is 5.27. The van der Waals surface area contributed by atoms with Crippen LogP contribution >= 0.6 is 11.3 Å². The van der Waals surface area contributed by atoms with Gasteiger partial charge in [0.1, 0.15) is 0 Å². The summed E-state index contributed by atoms with van der Waals surface area (Å²) in [6.45, 7) is 4.18. The maximum atomic E-state index is 11.4. The van der Waals surface area contributed by atoms with Crippen molar-refractivity contribution in [1.29, 1.82) is 0 Å². The van der Waals surface area contributed by atoms with Crippen molar-refractivity contribution in [3.05, 3.63) is 40.7 Å². The number of ketones is 1. The van der Waals surface area contributed by atoms with Crippen molar-refractivity contribution in [3.8, 4) is 0 Å². The first-order chi connectivity index (χ1) is 8.58. The van der Waals surface area contributed by atoms with E-state index >= 15 is 0 Å². The van der Waals surface area contributed by atoms with Crippen LogP contribution in [0.25, 0.3) is 0 Å². The highest BCUT2D eigenvalue weighted by atomic mass is 32.1. The summed E-state index contributed by atoms with van der Waals surface area (Å²) < 4.78 is 0. The molecule has 0 N–H and O–H groups in total. The van der Waals surface area contributed by atoms with Gasteiger partial charge in [-0.15, -0.1) is 0 Å². The second-order valence-electron chi connectivity index (χ2n) is 4.18. The van der Waals surface area contributed by atoms with Crippen LogP contribution in [0.5, 0.6) is 0 Å². The van der Waals surface area contributed by atoms with E-state index in [1.54, 1.807) is 13.1 Å². The third-order valence-electron chi connectivity index (χ3n) is 2.57. The minimum Gasteiger partial charge on any atom is -0.347 e. The summed E-state index contributed by atoms with van der Waals surface area (Å²) in [5, 5.41) is 0.863. The molecule has 0 saturated carbocycles. The van der Waals surface area contributed by atoms with Crippen molar-refractivity contribution >= 4 is 22.3 Å². The zero-order valence-corrected chi connectivity index (χ0v) is 11.5. The molecule has 2 heterocycles. The summed E-state index contributed by atoms with van der Waals surface area (Å²) >= 11 is 1.44. The quantitative estimate of drug-likeness (QED) is 0.794. The van der Waals surface area contributed by atoms with E-state index in [0.717, 1.165) is 27.8 Å². The van der Waals surface area contributed by atoms with Crippen LogP contribution in [0.2, 0.25) is 0 Å². The summed E-state index contributed by atoms with van der Waals surface area (Å²) in [6, 6.07) is 3.94. The fourth-order valence-corrected chi connectivity index (χ4v) is 2.63. The molecule has 0 spiro atoms. The van der Waals surface area contributed by atoms with Gasteiger partial charge in [-0.1, -0.05) is 17.4 Å². The van der Waals surface area contributed by atoms with Gasteiger partial charge < -0.3 is 4.90 Å². The van der Waals surface area contributed by atoms with Gasteiger partial charge in [0.15, 0.2) is 10.9 Å². The smallest absolute Gasteiger partial charge is 0.186 e. The van der Waals surface area contributed by atoms with Crippen molar-refractivity contribution in [1.82, 2.24) is 9.97 Å². The standard InChI is InChI=1S/C13H15N3OS/c1-9-12(10(2)17)18-13(15-9)16(3)8-11-5-4-6-14-7-11/h4-7H,8H2,1-3H3. The second-order valence-corrected chi connectivity index (χ2v) is 5.16. The first-order valence-electron chi connectivity index (χ1n) is 5.66. The first-order valence-corrected chi connectivity index (χ1v) is 6.48. The minimum atomic E-state index is 0.0750. The summed E-state index contributed by atoms with van der Waals surface area (Å²) in [4.78, 5) is 22.7. The van der Waals surface area contributed by atoms with E-state index in [1.165, 1.54) is 11.3 Å². The molecule has 0 radical (unpaired) electrons. The number of thiazole rings is 1. The molecule has 0 aromatic carbocycles. The van der Waals surface area contributed by atoms with Gasteiger partial charge in [-0.2, -0.15) is 0 Å². The normalized spacial score (nSPS) is 10.4. The third-order valence-corrected chi connectivity index (χ3v) is 3.95. The number of rotatable bonds is 4. The summed E-state index contributed by atoms with van der Waals surface area (Å²) in [5.74, 6) is 0.0750. The lowest BCUT2D eigenvalue weighted by molar-refractivity contribution is 0.102. The van der Waals surface area contributed by atoms with Crippen molar-refractivity contribution < 1.29 is 4.79 Å². The monoisotopic (exact) mass is 261 g/mol. The van der Waals surface area contributed by atoms with E-state index in [2.05, 4.69) is 9.97 Å². The van der Waals surface area contributed by atoms with Crippen LogP contribution in [-0.2, 0) is 6.54 Å². The molecule has 2 aromatic heterocycles. The van der Waals surface area contributed by atoms with E-state index in [0.29, 0.717) is 0 Å². The van der Waals surface area contributed by atoms with Crippen LogP contribution in [0.1, 0.15) is 27.9 Å². The maximum absolute atomic E-state index is 11.4. The number of aryl methyl sites for hydroxylation is 1. The van der Waals surface area contributed by atoms with Gasteiger partial charge in [-0.05, 0) is 18.6 Å². The Kier molecular flexibility index (Phi) is 3.72. The zero-order chi connectivity index (χ0) is 13.1. The van der Waals surface area contributed by atoms with Crippen LogP contribution in [-0.4, -0.2) is 22.8 Å². The minimum absolute atomic E-state index is 0.0750. The number of carbonyl (C=O) groups is 1. The lowest BCUT2D eigenvalue weighted by Gasteiger charge is -2.15. The summed E-state index contributed by atoms with van der Waals surface area (Å²) in [6.07, 6.45) is 3.59. The molecular formula is C13H15N3OS. The lowest BCUT2D eigenvalue weighted by atomic mass is 10.3. The molecule has 0 bridgehead atoms. The van der Waals surface area contributed by atoms with E-state index in [-0.39, 0.29) is 5.78 Å². The van der Waals surface area contributed by atoms with Crippen molar-refractivity contribution in [2.45, 2.75) is 20.4 Å². The fourth-order valence-electron chi connectivity index (χ4n) is 1.71. The molecule has 0 unspecified atom stereocenters. The van der Waals surface area contributed by atoms with Crippen molar-refractivity contribution in [2.75, 3.05) is 11.9 Å². The fraction of sp³-hybridized carbons (Fsp3) is 0.308. The van der Waals surface area contributed by atoms with Gasteiger partial charge in [0.05, 0.1) is 10.6 Å². The molecule has 0 aliphatic rings. The third kappa shape index (κ3) is 2.73. The van der Waals surface area contributed by atoms with Gasteiger partial charge in [-0.3, -0.25) is 9.78 Å². The SMILES string of the molecule is CC(=O)c1sc(N(C)Cc2cccnc2)nc1C. The average molecular weight is 261 g/mol. The van der Waals surface area contributed by atoms with E-state index in [1.807, 2.05) is 37.2 Å². The molecule has 0 amide bonds. The Hall–Kier alpha value is -1.75. The molecule has 5 heteroatoms. The van der Waals surface area contributed by atoms with Gasteiger partial charge in [0, 0.05) is 32.9 Å². The Labute approximate surface area is 110 Å². The Bertz CT molecular complexity index is 551. The molecule has 18 heavy (non-hydrogen) atoms. The number of hydrogen-bond acceptors (Lipinski definition) is 5. The van der Waals surface area contributed by atoms with E-state index in [9.17, 15) is 4.79 Å². The molecule has 0 fully saturated rings. The number of Topliss-reactive ketones (excluding diaryl/α,β-unsaturated/α-hetero) is 1. The van der Waals surface area contributed by atoms with E-state index in [4.69, 9.17) is 0 Å². The number of anilines is 1. The molecular weight excluding hydrogens is 246 g/mol. The summed E-state index contributed by atoms with van der Waals surface area (Å²) in [5.41, 5.74) is 1.93. The molecule has 94 valence electrons. The number of nitrogens with zero attached hydrogens (tertiary/aromatic N) is 3. The number of carbonyl (C=O) groups excluding carboxylic acids is 1. The molecule has 2 aromatic rings. The predicted octanol–water partition coefficient (Wildman–Crippen LogP) is 2.69. The Morgan fingerprint density at radius 3 is 2.83 bits per heavy atom. The molecule has 0 saturated heterocycles. The maximum Gasteiger partial charge on any atom is 0.186 e. The highest BCUT2D eigenvalue weighted by Crippen LogP contribution is 2.26. The van der Waals surface area contributed by atoms with Crippen LogP contribution in [0.15, 0.2) is 24.5 Å².